The number of anilines is 2. The molecule has 2 heterocycles. The molecule has 1 aromatic heterocycles. The molecule has 0 saturated carbocycles. The van der Waals surface area contributed by atoms with Gasteiger partial charge in [-0.05, 0) is 48.7 Å². The van der Waals surface area contributed by atoms with Crippen LogP contribution in [-0.2, 0) is 11.2 Å². The number of carbonyl (C=O) groups excluding carboxylic acids is 2. The predicted octanol–water partition coefficient (Wildman–Crippen LogP) is 3.61. The first kappa shape index (κ1) is 15.3. The SMILES string of the molecule is CCCCN1C(=O)CCc2cc(NC(=O)c3ccco3)ccc21. The lowest BCUT2D eigenvalue weighted by molar-refractivity contribution is -0.118. The summed E-state index contributed by atoms with van der Waals surface area (Å²) in [6.45, 7) is 2.86. The Balaban J connectivity index is 1.79. The van der Waals surface area contributed by atoms with E-state index in [1.54, 1.807) is 12.1 Å². The highest BCUT2D eigenvalue weighted by Crippen LogP contribution is 2.30. The molecule has 23 heavy (non-hydrogen) atoms. The van der Waals surface area contributed by atoms with Gasteiger partial charge in [-0.1, -0.05) is 13.3 Å². The van der Waals surface area contributed by atoms with Gasteiger partial charge < -0.3 is 14.6 Å². The first-order chi connectivity index (χ1) is 11.2. The number of nitrogens with one attached hydrogen (secondary N) is 1. The average molecular weight is 312 g/mol. The number of rotatable bonds is 5. The van der Waals surface area contributed by atoms with E-state index in [0.29, 0.717) is 12.8 Å². The fraction of sp³-hybridized carbons (Fsp3) is 0.333. The molecule has 0 unspecified atom stereocenters. The minimum Gasteiger partial charge on any atom is -0.459 e. The number of aryl methyl sites for hydroxylation is 1. The third-order valence-corrected chi connectivity index (χ3v) is 4.02. The molecule has 0 aliphatic carbocycles. The number of furan rings is 1. The predicted molar refractivity (Wildman–Crippen MR) is 88.7 cm³/mol. The molecule has 5 heteroatoms. The van der Waals surface area contributed by atoms with Gasteiger partial charge in [-0.3, -0.25) is 9.59 Å². The molecule has 1 aliphatic heterocycles. The fourth-order valence-electron chi connectivity index (χ4n) is 2.80. The third kappa shape index (κ3) is 3.28. The first-order valence-corrected chi connectivity index (χ1v) is 7.97. The molecule has 2 amide bonds. The smallest absolute Gasteiger partial charge is 0.291 e. The molecule has 0 spiro atoms. The minimum absolute atomic E-state index is 0.179. The molecular weight excluding hydrogens is 292 g/mol. The van der Waals surface area contributed by atoms with Crippen LogP contribution in [0.15, 0.2) is 41.0 Å². The summed E-state index contributed by atoms with van der Waals surface area (Å²) < 4.78 is 5.09. The molecule has 2 aromatic rings. The number of hydrogen-bond acceptors (Lipinski definition) is 3. The van der Waals surface area contributed by atoms with Crippen LogP contribution in [0.25, 0.3) is 0 Å². The van der Waals surface area contributed by atoms with E-state index in [-0.39, 0.29) is 17.6 Å². The monoisotopic (exact) mass is 312 g/mol. The van der Waals surface area contributed by atoms with Gasteiger partial charge in [-0.15, -0.1) is 0 Å². The van der Waals surface area contributed by atoms with Crippen molar-refractivity contribution in [1.29, 1.82) is 0 Å². The molecule has 1 aliphatic rings. The van der Waals surface area contributed by atoms with E-state index >= 15 is 0 Å². The van der Waals surface area contributed by atoms with E-state index in [1.165, 1.54) is 6.26 Å². The van der Waals surface area contributed by atoms with E-state index in [1.807, 2.05) is 23.1 Å². The summed E-state index contributed by atoms with van der Waals surface area (Å²) in [5.74, 6) is 0.186. The fourth-order valence-corrected chi connectivity index (χ4v) is 2.80. The number of unbranched alkanes of at least 4 members (excludes halogenated alkanes) is 1. The van der Waals surface area contributed by atoms with Gasteiger partial charge >= 0.3 is 0 Å². The van der Waals surface area contributed by atoms with Crippen LogP contribution in [0, 0.1) is 0 Å². The molecule has 120 valence electrons. The molecule has 0 radical (unpaired) electrons. The van der Waals surface area contributed by atoms with Crippen LogP contribution in [-0.4, -0.2) is 18.4 Å². The van der Waals surface area contributed by atoms with Crippen molar-refractivity contribution in [2.45, 2.75) is 32.6 Å². The van der Waals surface area contributed by atoms with Gasteiger partial charge in [0.25, 0.3) is 5.91 Å². The van der Waals surface area contributed by atoms with Crippen LogP contribution >= 0.6 is 0 Å². The second-order valence-corrected chi connectivity index (χ2v) is 5.67. The number of benzene rings is 1. The largest absolute Gasteiger partial charge is 0.459 e. The molecule has 0 saturated heterocycles. The van der Waals surface area contributed by atoms with Gasteiger partial charge in [0.1, 0.15) is 0 Å². The van der Waals surface area contributed by atoms with E-state index in [0.717, 1.165) is 36.3 Å². The van der Waals surface area contributed by atoms with Crippen molar-refractivity contribution in [2.24, 2.45) is 0 Å². The maximum Gasteiger partial charge on any atom is 0.291 e. The second-order valence-electron chi connectivity index (χ2n) is 5.67. The zero-order valence-corrected chi connectivity index (χ0v) is 13.2. The van der Waals surface area contributed by atoms with E-state index < -0.39 is 0 Å². The van der Waals surface area contributed by atoms with Crippen LogP contribution in [0.1, 0.15) is 42.3 Å². The Morgan fingerprint density at radius 3 is 2.91 bits per heavy atom. The normalized spacial score (nSPS) is 13.8. The standard InChI is InChI=1S/C18H20N2O3/c1-2-3-10-20-15-8-7-14(12-13(15)6-9-17(20)21)19-18(22)16-5-4-11-23-16/h4-5,7-8,11-12H,2-3,6,9-10H2,1H3,(H,19,22). The Hall–Kier alpha value is -2.56. The minimum atomic E-state index is -0.273. The van der Waals surface area contributed by atoms with Gasteiger partial charge in [0.2, 0.25) is 5.91 Å². The molecule has 0 atom stereocenters. The molecule has 3 rings (SSSR count). The lowest BCUT2D eigenvalue weighted by Crippen LogP contribution is -2.35. The summed E-state index contributed by atoms with van der Waals surface area (Å²) in [6.07, 6.45) is 4.74. The van der Waals surface area contributed by atoms with E-state index in [9.17, 15) is 9.59 Å². The van der Waals surface area contributed by atoms with Crippen molar-refractivity contribution >= 4 is 23.2 Å². The highest BCUT2D eigenvalue weighted by molar-refractivity contribution is 6.03. The van der Waals surface area contributed by atoms with Crippen molar-refractivity contribution in [2.75, 3.05) is 16.8 Å². The Bertz CT molecular complexity index is 707. The Morgan fingerprint density at radius 1 is 1.30 bits per heavy atom. The van der Waals surface area contributed by atoms with Crippen molar-refractivity contribution in [1.82, 2.24) is 0 Å². The zero-order valence-electron chi connectivity index (χ0n) is 13.2. The quantitative estimate of drug-likeness (QED) is 0.917. The number of carbonyl (C=O) groups is 2. The Kier molecular flexibility index (Phi) is 4.46. The van der Waals surface area contributed by atoms with Crippen molar-refractivity contribution in [3.8, 4) is 0 Å². The Morgan fingerprint density at radius 2 is 2.17 bits per heavy atom. The van der Waals surface area contributed by atoms with Gasteiger partial charge in [0, 0.05) is 24.3 Å². The van der Waals surface area contributed by atoms with Gasteiger partial charge in [-0.25, -0.2) is 0 Å². The van der Waals surface area contributed by atoms with Crippen LogP contribution in [0.4, 0.5) is 11.4 Å². The molecule has 0 fully saturated rings. The number of fused-ring (bicyclic) bond motifs is 1. The zero-order chi connectivity index (χ0) is 16.2. The lowest BCUT2D eigenvalue weighted by atomic mass is 10.00. The lowest BCUT2D eigenvalue weighted by Gasteiger charge is -2.29. The summed E-state index contributed by atoms with van der Waals surface area (Å²) in [6, 6.07) is 9.00. The highest BCUT2D eigenvalue weighted by Gasteiger charge is 2.24. The molecular formula is C18H20N2O3. The summed E-state index contributed by atoms with van der Waals surface area (Å²) in [5, 5.41) is 2.83. The summed E-state index contributed by atoms with van der Waals surface area (Å²) in [5.41, 5.74) is 2.78. The summed E-state index contributed by atoms with van der Waals surface area (Å²) in [7, 11) is 0. The van der Waals surface area contributed by atoms with E-state index in [4.69, 9.17) is 4.42 Å². The molecule has 1 aromatic carbocycles. The summed E-state index contributed by atoms with van der Waals surface area (Å²) >= 11 is 0. The van der Waals surface area contributed by atoms with Gasteiger partial charge in [0.05, 0.1) is 6.26 Å². The van der Waals surface area contributed by atoms with Crippen LogP contribution < -0.4 is 10.2 Å². The first-order valence-electron chi connectivity index (χ1n) is 7.97. The Labute approximate surface area is 135 Å². The van der Waals surface area contributed by atoms with E-state index in [2.05, 4.69) is 12.2 Å². The number of hydrogen-bond donors (Lipinski definition) is 1. The van der Waals surface area contributed by atoms with Crippen molar-refractivity contribution in [3.05, 3.63) is 47.9 Å². The maximum absolute atomic E-state index is 12.1. The topological polar surface area (TPSA) is 62.6 Å². The van der Waals surface area contributed by atoms with Crippen molar-refractivity contribution < 1.29 is 14.0 Å². The molecule has 5 nitrogen and oxygen atoms in total. The van der Waals surface area contributed by atoms with Gasteiger partial charge in [0.15, 0.2) is 5.76 Å². The number of amides is 2. The number of nitrogens with zero attached hydrogens (tertiary/aromatic N) is 1. The average Bonchev–Trinajstić information content (AvgIpc) is 3.09. The highest BCUT2D eigenvalue weighted by atomic mass is 16.3. The van der Waals surface area contributed by atoms with Crippen LogP contribution in [0.2, 0.25) is 0 Å². The maximum atomic E-state index is 12.1. The molecule has 1 N–H and O–H groups in total. The second kappa shape index (κ2) is 6.69. The van der Waals surface area contributed by atoms with Gasteiger partial charge in [-0.2, -0.15) is 0 Å². The summed E-state index contributed by atoms with van der Waals surface area (Å²) in [4.78, 5) is 26.0. The third-order valence-electron chi connectivity index (χ3n) is 4.02. The van der Waals surface area contributed by atoms with Crippen molar-refractivity contribution in [3.63, 3.8) is 0 Å². The van der Waals surface area contributed by atoms with Crippen LogP contribution in [0.5, 0.6) is 0 Å². The molecule has 0 bridgehead atoms. The van der Waals surface area contributed by atoms with Crippen LogP contribution in [0.3, 0.4) is 0 Å².